The van der Waals surface area contributed by atoms with Crippen molar-refractivity contribution in [1.82, 2.24) is 14.9 Å². The molecule has 24 heavy (non-hydrogen) atoms. The molecule has 0 bridgehead atoms. The molecule has 124 valence electrons. The molecule has 4 rings (SSSR count). The zero-order valence-electron chi connectivity index (χ0n) is 14.0. The molecular formula is C19H21N3OS. The van der Waals surface area contributed by atoms with Crippen LogP contribution in [0.2, 0.25) is 0 Å². The fourth-order valence-electron chi connectivity index (χ4n) is 3.30. The van der Waals surface area contributed by atoms with Gasteiger partial charge in [0, 0.05) is 36.7 Å². The van der Waals surface area contributed by atoms with Gasteiger partial charge in [-0.3, -0.25) is 9.69 Å². The van der Waals surface area contributed by atoms with Gasteiger partial charge in [-0.1, -0.05) is 32.0 Å². The van der Waals surface area contributed by atoms with Crippen LogP contribution in [-0.2, 0) is 19.5 Å². The molecule has 1 aliphatic heterocycles. The lowest BCUT2D eigenvalue weighted by molar-refractivity contribution is 0.242. The summed E-state index contributed by atoms with van der Waals surface area (Å²) in [5.41, 5.74) is 3.20. The number of hydrogen-bond acceptors (Lipinski definition) is 4. The Hall–Kier alpha value is -1.98. The first kappa shape index (κ1) is 15.5. The lowest BCUT2D eigenvalue weighted by Crippen LogP contribution is -2.35. The second-order valence-electron chi connectivity index (χ2n) is 6.75. The van der Waals surface area contributed by atoms with E-state index in [1.807, 2.05) is 0 Å². The average molecular weight is 339 g/mol. The van der Waals surface area contributed by atoms with Crippen LogP contribution in [0.1, 0.15) is 42.4 Å². The Kier molecular flexibility index (Phi) is 3.98. The smallest absolute Gasteiger partial charge is 0.255 e. The van der Waals surface area contributed by atoms with E-state index < -0.39 is 0 Å². The fraction of sp³-hybridized carbons (Fsp3) is 0.368. The number of hydrogen-bond donors (Lipinski definition) is 1. The van der Waals surface area contributed by atoms with Crippen molar-refractivity contribution in [1.29, 1.82) is 0 Å². The summed E-state index contributed by atoms with van der Waals surface area (Å²) in [7, 11) is 0. The van der Waals surface area contributed by atoms with E-state index in [2.05, 4.69) is 58.4 Å². The van der Waals surface area contributed by atoms with Crippen LogP contribution in [0.3, 0.4) is 0 Å². The third-order valence-corrected chi connectivity index (χ3v) is 5.68. The summed E-state index contributed by atoms with van der Waals surface area (Å²) in [5.74, 6) is 1.05. The number of aromatic nitrogens is 2. The highest BCUT2D eigenvalue weighted by atomic mass is 32.1. The molecule has 0 saturated heterocycles. The normalized spacial score (nSPS) is 15.1. The molecule has 0 saturated carbocycles. The van der Waals surface area contributed by atoms with Crippen molar-refractivity contribution in [3.8, 4) is 0 Å². The minimum Gasteiger partial charge on any atom is -0.310 e. The lowest BCUT2D eigenvalue weighted by Gasteiger charge is -2.27. The molecule has 0 fully saturated rings. The van der Waals surface area contributed by atoms with Gasteiger partial charge < -0.3 is 4.98 Å². The quantitative estimate of drug-likeness (QED) is 0.792. The van der Waals surface area contributed by atoms with Crippen molar-refractivity contribution >= 4 is 21.4 Å². The van der Waals surface area contributed by atoms with Crippen LogP contribution >= 0.6 is 11.3 Å². The fourth-order valence-corrected chi connectivity index (χ4v) is 4.26. The van der Waals surface area contributed by atoms with Gasteiger partial charge in [0.05, 0.1) is 11.3 Å². The first-order chi connectivity index (χ1) is 11.6. The molecule has 1 N–H and O–H groups in total. The van der Waals surface area contributed by atoms with Crippen molar-refractivity contribution < 1.29 is 0 Å². The van der Waals surface area contributed by atoms with Crippen LogP contribution < -0.4 is 5.56 Å². The second kappa shape index (κ2) is 6.15. The first-order valence-corrected chi connectivity index (χ1v) is 9.29. The first-order valence-electron chi connectivity index (χ1n) is 8.41. The number of nitrogens with zero attached hydrogens (tertiary/aromatic N) is 2. The number of nitrogens with one attached hydrogen (secondary N) is 1. The third kappa shape index (κ3) is 2.78. The van der Waals surface area contributed by atoms with E-state index in [1.165, 1.54) is 15.6 Å². The van der Waals surface area contributed by atoms with Gasteiger partial charge in [-0.05, 0) is 22.4 Å². The van der Waals surface area contributed by atoms with E-state index in [4.69, 9.17) is 0 Å². The summed E-state index contributed by atoms with van der Waals surface area (Å²) >= 11 is 1.79. The standard InChI is InChI=1S/C19H21N3OS/c1-12(2)18-20-16-7-8-22(10-15(16)19(23)21-18)9-13-11-24-17-6-4-3-5-14(13)17/h3-6,11-12H,7-10H2,1-2H3,(H,20,21,23). The highest BCUT2D eigenvalue weighted by Crippen LogP contribution is 2.28. The maximum atomic E-state index is 12.4. The number of rotatable bonds is 3. The van der Waals surface area contributed by atoms with Crippen LogP contribution in [0, 0.1) is 0 Å². The summed E-state index contributed by atoms with van der Waals surface area (Å²) < 4.78 is 1.32. The van der Waals surface area contributed by atoms with Gasteiger partial charge in [0.15, 0.2) is 0 Å². The van der Waals surface area contributed by atoms with Crippen molar-refractivity contribution in [3.63, 3.8) is 0 Å². The number of benzene rings is 1. The Bertz CT molecular complexity index is 941. The van der Waals surface area contributed by atoms with Crippen LogP contribution in [-0.4, -0.2) is 21.4 Å². The third-order valence-electron chi connectivity index (χ3n) is 4.67. The SMILES string of the molecule is CC(C)c1nc2c(c(=O)[nH]1)CN(Cc1csc3ccccc13)CC2. The van der Waals surface area contributed by atoms with Gasteiger partial charge in [0.1, 0.15) is 5.82 Å². The van der Waals surface area contributed by atoms with Crippen molar-refractivity contribution in [2.24, 2.45) is 0 Å². The monoisotopic (exact) mass is 339 g/mol. The van der Waals surface area contributed by atoms with Gasteiger partial charge in [0.2, 0.25) is 0 Å². The number of fused-ring (bicyclic) bond motifs is 2. The minimum absolute atomic E-state index is 0.0311. The van der Waals surface area contributed by atoms with E-state index in [1.54, 1.807) is 11.3 Å². The van der Waals surface area contributed by atoms with Crippen molar-refractivity contribution in [2.45, 2.75) is 39.3 Å². The molecule has 0 unspecified atom stereocenters. The number of H-pyrrole nitrogens is 1. The molecule has 4 nitrogen and oxygen atoms in total. The predicted molar refractivity (Wildman–Crippen MR) is 98.6 cm³/mol. The van der Waals surface area contributed by atoms with Gasteiger partial charge in [-0.2, -0.15) is 0 Å². The predicted octanol–water partition coefficient (Wildman–Crippen LogP) is 3.67. The number of aromatic amines is 1. The van der Waals surface area contributed by atoms with Gasteiger partial charge in [-0.15, -0.1) is 11.3 Å². The van der Waals surface area contributed by atoms with E-state index in [-0.39, 0.29) is 11.5 Å². The molecule has 1 aliphatic rings. The average Bonchev–Trinajstić information content (AvgIpc) is 2.98. The zero-order valence-corrected chi connectivity index (χ0v) is 14.8. The van der Waals surface area contributed by atoms with Gasteiger partial charge in [-0.25, -0.2) is 4.98 Å². The Morgan fingerprint density at radius 1 is 1.33 bits per heavy atom. The highest BCUT2D eigenvalue weighted by molar-refractivity contribution is 7.17. The van der Waals surface area contributed by atoms with Gasteiger partial charge >= 0.3 is 0 Å². The largest absolute Gasteiger partial charge is 0.310 e. The molecule has 0 spiro atoms. The topological polar surface area (TPSA) is 49.0 Å². The summed E-state index contributed by atoms with van der Waals surface area (Å²) in [6.07, 6.45) is 0.848. The maximum absolute atomic E-state index is 12.4. The Morgan fingerprint density at radius 3 is 3.00 bits per heavy atom. The Labute approximate surface area is 145 Å². The molecule has 0 aliphatic carbocycles. The molecule has 0 radical (unpaired) electrons. The van der Waals surface area contributed by atoms with E-state index in [9.17, 15) is 4.79 Å². The van der Waals surface area contributed by atoms with Crippen molar-refractivity contribution in [3.05, 3.63) is 62.6 Å². The minimum atomic E-state index is 0.0311. The van der Waals surface area contributed by atoms with Crippen molar-refractivity contribution in [2.75, 3.05) is 6.54 Å². The maximum Gasteiger partial charge on any atom is 0.255 e. The number of thiophene rings is 1. The molecular weight excluding hydrogens is 318 g/mol. The Morgan fingerprint density at radius 2 is 2.17 bits per heavy atom. The van der Waals surface area contributed by atoms with E-state index >= 15 is 0 Å². The molecule has 5 heteroatoms. The van der Waals surface area contributed by atoms with E-state index in [0.717, 1.165) is 36.6 Å². The second-order valence-corrected chi connectivity index (χ2v) is 7.66. The van der Waals surface area contributed by atoms with Crippen LogP contribution in [0.15, 0.2) is 34.4 Å². The summed E-state index contributed by atoms with van der Waals surface area (Å²) in [4.78, 5) is 22.4. The summed E-state index contributed by atoms with van der Waals surface area (Å²) in [5, 5.41) is 3.57. The Balaban J connectivity index is 1.59. The van der Waals surface area contributed by atoms with Gasteiger partial charge in [0.25, 0.3) is 5.56 Å². The lowest BCUT2D eigenvalue weighted by atomic mass is 10.0. The molecule has 3 heterocycles. The molecule has 1 aromatic carbocycles. The van der Waals surface area contributed by atoms with E-state index in [0.29, 0.717) is 6.54 Å². The molecule has 3 aromatic rings. The zero-order chi connectivity index (χ0) is 16.7. The molecule has 2 aromatic heterocycles. The molecule has 0 amide bonds. The molecule has 0 atom stereocenters. The summed E-state index contributed by atoms with van der Waals surface area (Å²) in [6, 6.07) is 8.52. The van der Waals surface area contributed by atoms with Crippen LogP contribution in [0.5, 0.6) is 0 Å². The highest BCUT2D eigenvalue weighted by Gasteiger charge is 2.22. The summed E-state index contributed by atoms with van der Waals surface area (Å²) in [6.45, 7) is 6.63. The van der Waals surface area contributed by atoms with Crippen LogP contribution in [0.4, 0.5) is 0 Å². The van der Waals surface area contributed by atoms with Crippen LogP contribution in [0.25, 0.3) is 10.1 Å².